The molecule has 0 aromatic carbocycles. The molecule has 0 saturated carbocycles. The van der Waals surface area contributed by atoms with Gasteiger partial charge in [0, 0.05) is 12.0 Å². The van der Waals surface area contributed by atoms with Gasteiger partial charge >= 0.3 is 0 Å². The monoisotopic (exact) mass is 219 g/mol. The summed E-state index contributed by atoms with van der Waals surface area (Å²) < 4.78 is 27.8. The summed E-state index contributed by atoms with van der Waals surface area (Å²) in [5.41, 5.74) is 0. The summed E-state index contributed by atoms with van der Waals surface area (Å²) in [5.74, 6) is -2.79. The van der Waals surface area contributed by atoms with Crippen LogP contribution in [-0.4, -0.2) is 30.0 Å². The number of halogens is 2. The van der Waals surface area contributed by atoms with Crippen molar-refractivity contribution in [3.05, 3.63) is 0 Å². The van der Waals surface area contributed by atoms with Gasteiger partial charge in [0.1, 0.15) is 0 Å². The Hall–Kier alpha value is -0.180. The number of hydrogen-bond acceptors (Lipinski definition) is 1. The van der Waals surface area contributed by atoms with E-state index >= 15 is 0 Å². The van der Waals surface area contributed by atoms with Crippen LogP contribution in [0.5, 0.6) is 0 Å². The van der Waals surface area contributed by atoms with Crippen molar-refractivity contribution in [2.24, 2.45) is 11.8 Å². The third-order valence-corrected chi connectivity index (χ3v) is 3.74. The second-order valence-corrected chi connectivity index (χ2v) is 5.11. The van der Waals surface area contributed by atoms with Crippen LogP contribution >= 0.6 is 0 Å². The molecule has 3 heteroatoms. The first-order valence-electron chi connectivity index (χ1n) is 6.00. The van der Waals surface area contributed by atoms with Crippen molar-refractivity contribution in [1.82, 2.24) is 4.90 Å². The van der Waals surface area contributed by atoms with Gasteiger partial charge in [0.2, 0.25) is 0 Å². The first-order chi connectivity index (χ1) is 6.88. The molecule has 0 spiro atoms. The van der Waals surface area contributed by atoms with Crippen LogP contribution in [0.1, 0.15) is 40.5 Å². The molecule has 1 aliphatic rings. The molecule has 0 aromatic rings. The topological polar surface area (TPSA) is 3.24 Å². The molecule has 1 nitrogen and oxygen atoms in total. The maximum atomic E-state index is 13.9. The lowest BCUT2D eigenvalue weighted by Crippen LogP contribution is -2.52. The highest BCUT2D eigenvalue weighted by Gasteiger charge is 2.46. The number of piperidine rings is 1. The molecule has 0 aromatic heterocycles. The van der Waals surface area contributed by atoms with E-state index in [0.29, 0.717) is 6.42 Å². The molecule has 1 fully saturated rings. The van der Waals surface area contributed by atoms with Crippen LogP contribution in [0.25, 0.3) is 0 Å². The molecule has 15 heavy (non-hydrogen) atoms. The van der Waals surface area contributed by atoms with Crippen LogP contribution in [0.15, 0.2) is 0 Å². The average Bonchev–Trinajstić information content (AvgIpc) is 2.15. The average molecular weight is 219 g/mol. The molecule has 0 amide bonds. The number of rotatable bonds is 3. The fourth-order valence-corrected chi connectivity index (χ4v) is 2.41. The number of likely N-dealkylation sites (tertiary alicyclic amines) is 1. The minimum Gasteiger partial charge on any atom is -0.295 e. The zero-order chi connectivity index (χ0) is 11.6. The van der Waals surface area contributed by atoms with Gasteiger partial charge in [-0.05, 0) is 32.7 Å². The minimum atomic E-state index is -2.50. The summed E-state index contributed by atoms with van der Waals surface area (Å²) in [5, 5.41) is 0. The second-order valence-electron chi connectivity index (χ2n) is 5.11. The Kier molecular flexibility index (Phi) is 4.10. The second kappa shape index (κ2) is 4.77. The highest BCUT2D eigenvalue weighted by molar-refractivity contribution is 4.89. The van der Waals surface area contributed by atoms with E-state index in [9.17, 15) is 8.78 Å². The van der Waals surface area contributed by atoms with Gasteiger partial charge in [0.05, 0.1) is 6.54 Å². The number of alkyl halides is 2. The largest absolute Gasteiger partial charge is 0.295 e. The van der Waals surface area contributed by atoms with Crippen molar-refractivity contribution < 1.29 is 8.78 Å². The van der Waals surface area contributed by atoms with Crippen molar-refractivity contribution in [3.63, 3.8) is 0 Å². The van der Waals surface area contributed by atoms with E-state index in [2.05, 4.69) is 0 Å². The van der Waals surface area contributed by atoms with Crippen molar-refractivity contribution in [2.45, 2.75) is 52.5 Å². The van der Waals surface area contributed by atoms with Crippen LogP contribution < -0.4 is 0 Å². The maximum absolute atomic E-state index is 13.9. The Balaban J connectivity index is 2.66. The predicted octanol–water partition coefficient (Wildman–Crippen LogP) is 3.40. The molecular weight excluding hydrogens is 196 g/mol. The first-order valence-corrected chi connectivity index (χ1v) is 6.00. The molecule has 2 unspecified atom stereocenters. The lowest BCUT2D eigenvalue weighted by molar-refractivity contribution is -0.133. The summed E-state index contributed by atoms with van der Waals surface area (Å²) in [6.07, 6.45) is 1.49. The normalized spacial score (nSPS) is 29.4. The van der Waals surface area contributed by atoms with E-state index < -0.39 is 11.8 Å². The van der Waals surface area contributed by atoms with E-state index in [1.54, 1.807) is 0 Å². The van der Waals surface area contributed by atoms with Crippen LogP contribution in [0.2, 0.25) is 0 Å². The lowest BCUT2D eigenvalue weighted by atomic mass is 9.81. The predicted molar refractivity (Wildman–Crippen MR) is 59.2 cm³/mol. The van der Waals surface area contributed by atoms with Gasteiger partial charge in [0.15, 0.2) is 0 Å². The third kappa shape index (κ3) is 2.90. The summed E-state index contributed by atoms with van der Waals surface area (Å²) >= 11 is 0. The smallest absolute Gasteiger partial charge is 0.263 e. The fourth-order valence-electron chi connectivity index (χ4n) is 2.41. The molecule has 1 saturated heterocycles. The van der Waals surface area contributed by atoms with Crippen LogP contribution in [-0.2, 0) is 0 Å². The molecule has 0 aliphatic carbocycles. The minimum absolute atomic E-state index is 0.0559. The zero-order valence-electron chi connectivity index (χ0n) is 10.3. The number of hydrogen-bond donors (Lipinski definition) is 0. The maximum Gasteiger partial charge on any atom is 0.263 e. The van der Waals surface area contributed by atoms with Crippen molar-refractivity contribution in [3.8, 4) is 0 Å². The summed E-state index contributed by atoms with van der Waals surface area (Å²) in [6.45, 7) is 8.68. The van der Waals surface area contributed by atoms with Gasteiger partial charge in [-0.25, -0.2) is 8.78 Å². The van der Waals surface area contributed by atoms with Crippen LogP contribution in [0.3, 0.4) is 0 Å². The molecule has 1 rings (SSSR count). The summed E-state index contributed by atoms with van der Waals surface area (Å²) in [7, 11) is 0. The Bertz CT molecular complexity index is 204. The molecule has 90 valence electrons. The van der Waals surface area contributed by atoms with E-state index in [1.165, 1.54) is 0 Å². The van der Waals surface area contributed by atoms with Crippen molar-refractivity contribution >= 4 is 0 Å². The summed E-state index contributed by atoms with van der Waals surface area (Å²) in [4.78, 5) is 1.89. The van der Waals surface area contributed by atoms with Crippen molar-refractivity contribution in [2.75, 3.05) is 13.1 Å². The van der Waals surface area contributed by atoms with Gasteiger partial charge in [-0.2, -0.15) is 0 Å². The van der Waals surface area contributed by atoms with E-state index in [1.807, 2.05) is 32.6 Å². The quantitative estimate of drug-likeness (QED) is 0.703. The molecule has 0 bridgehead atoms. The molecule has 2 atom stereocenters. The fraction of sp³-hybridized carbons (Fsp3) is 1.00. The van der Waals surface area contributed by atoms with E-state index in [-0.39, 0.29) is 18.5 Å². The number of nitrogens with zero attached hydrogens (tertiary/aromatic N) is 1. The summed E-state index contributed by atoms with van der Waals surface area (Å²) in [6, 6.07) is 0.230. The Morgan fingerprint density at radius 2 is 1.93 bits per heavy atom. The van der Waals surface area contributed by atoms with Gasteiger partial charge in [-0.3, -0.25) is 4.90 Å². The van der Waals surface area contributed by atoms with Gasteiger partial charge < -0.3 is 0 Å². The molecule has 0 radical (unpaired) electrons. The highest BCUT2D eigenvalue weighted by atomic mass is 19.3. The van der Waals surface area contributed by atoms with Gasteiger partial charge in [0.25, 0.3) is 5.92 Å². The zero-order valence-corrected chi connectivity index (χ0v) is 10.3. The van der Waals surface area contributed by atoms with E-state index in [4.69, 9.17) is 0 Å². The first kappa shape index (κ1) is 12.9. The SMILES string of the molecule is CCC(C)C1CCN(C(C)C)CC1(F)F. The van der Waals surface area contributed by atoms with Gasteiger partial charge in [-0.15, -0.1) is 0 Å². The van der Waals surface area contributed by atoms with Crippen LogP contribution in [0, 0.1) is 11.8 Å². The highest BCUT2D eigenvalue weighted by Crippen LogP contribution is 2.39. The standard InChI is InChI=1S/C12H23F2N/c1-5-10(4)11-6-7-15(9(2)3)8-12(11,13)14/h9-11H,5-8H2,1-4H3. The van der Waals surface area contributed by atoms with Gasteiger partial charge in [-0.1, -0.05) is 20.3 Å². The molecule has 0 N–H and O–H groups in total. The van der Waals surface area contributed by atoms with Crippen molar-refractivity contribution in [1.29, 1.82) is 0 Å². The Morgan fingerprint density at radius 3 is 2.33 bits per heavy atom. The lowest BCUT2D eigenvalue weighted by Gasteiger charge is -2.42. The molecular formula is C12H23F2N. The third-order valence-electron chi connectivity index (χ3n) is 3.74. The molecule has 1 heterocycles. The molecule has 1 aliphatic heterocycles. The Labute approximate surface area is 91.8 Å². The van der Waals surface area contributed by atoms with E-state index in [0.717, 1.165) is 13.0 Å². The Morgan fingerprint density at radius 1 is 1.33 bits per heavy atom. The van der Waals surface area contributed by atoms with Crippen LogP contribution in [0.4, 0.5) is 8.78 Å².